The Labute approximate surface area is 132 Å². The number of carboxylic acids is 1. The van der Waals surface area contributed by atoms with Crippen molar-refractivity contribution in [1.82, 2.24) is 5.32 Å². The average Bonchev–Trinajstić information content (AvgIpc) is 3.23. The highest BCUT2D eigenvalue weighted by atomic mass is 19.1. The van der Waals surface area contributed by atoms with Gasteiger partial charge in [-0.15, -0.1) is 0 Å². The molecule has 6 heteroatoms. The van der Waals surface area contributed by atoms with Gasteiger partial charge in [-0.05, 0) is 31.9 Å². The van der Waals surface area contributed by atoms with Crippen LogP contribution in [0, 0.1) is 12.7 Å². The zero-order valence-electron chi connectivity index (χ0n) is 12.6. The van der Waals surface area contributed by atoms with Gasteiger partial charge in [-0.1, -0.05) is 18.2 Å². The number of amides is 1. The van der Waals surface area contributed by atoms with E-state index in [-0.39, 0.29) is 29.6 Å². The quantitative estimate of drug-likeness (QED) is 0.888. The van der Waals surface area contributed by atoms with Crippen LogP contribution in [0.1, 0.15) is 40.3 Å². The first kappa shape index (κ1) is 15.3. The summed E-state index contributed by atoms with van der Waals surface area (Å²) >= 11 is 0. The van der Waals surface area contributed by atoms with Crippen molar-refractivity contribution in [2.75, 3.05) is 0 Å². The summed E-state index contributed by atoms with van der Waals surface area (Å²) in [6.07, 6.45) is 1.19. The first-order valence-corrected chi connectivity index (χ1v) is 7.30. The maximum absolute atomic E-state index is 13.9. The summed E-state index contributed by atoms with van der Waals surface area (Å²) < 4.78 is 19.2. The molecule has 1 saturated carbocycles. The van der Waals surface area contributed by atoms with Crippen molar-refractivity contribution in [3.05, 3.63) is 58.8 Å². The van der Waals surface area contributed by atoms with Crippen molar-refractivity contribution in [2.24, 2.45) is 0 Å². The third-order valence-corrected chi connectivity index (χ3v) is 4.20. The maximum Gasteiger partial charge on any atom is 0.339 e. The molecular formula is C17H16FNO4. The second kappa shape index (κ2) is 5.53. The number of aryl methyl sites for hydroxylation is 1. The predicted octanol–water partition coefficient (Wildman–Crippen LogP) is 2.77. The van der Waals surface area contributed by atoms with Crippen molar-refractivity contribution in [1.29, 1.82) is 0 Å². The van der Waals surface area contributed by atoms with Crippen LogP contribution >= 0.6 is 0 Å². The minimum atomic E-state index is -1.08. The summed E-state index contributed by atoms with van der Waals surface area (Å²) in [6, 6.07) is 7.66. The van der Waals surface area contributed by atoms with Gasteiger partial charge in [0.2, 0.25) is 5.91 Å². The highest BCUT2D eigenvalue weighted by Gasteiger charge is 2.52. The molecule has 1 amide bonds. The Balaban J connectivity index is 1.72. The Bertz CT molecular complexity index is 777. The fourth-order valence-electron chi connectivity index (χ4n) is 2.77. The standard InChI is InChI=1S/C17H16FNO4/c1-10-12(15(20)21)8-11(23-10)9-19-16(22)17(6-7-17)13-4-2-3-5-14(13)18/h2-5,8H,6-7,9H2,1H3,(H,19,22)(H,20,21). The molecule has 1 fully saturated rings. The van der Waals surface area contributed by atoms with Crippen LogP contribution in [0.5, 0.6) is 0 Å². The Hall–Kier alpha value is -2.63. The molecule has 2 N–H and O–H groups in total. The molecule has 0 atom stereocenters. The van der Waals surface area contributed by atoms with E-state index >= 15 is 0 Å². The molecule has 120 valence electrons. The summed E-state index contributed by atoms with van der Waals surface area (Å²) in [5.41, 5.74) is -0.341. The first-order valence-electron chi connectivity index (χ1n) is 7.30. The van der Waals surface area contributed by atoms with Gasteiger partial charge in [0, 0.05) is 5.56 Å². The van der Waals surface area contributed by atoms with Gasteiger partial charge in [-0.25, -0.2) is 9.18 Å². The second-order valence-electron chi connectivity index (χ2n) is 5.73. The maximum atomic E-state index is 13.9. The molecule has 0 radical (unpaired) electrons. The molecule has 1 aliphatic carbocycles. The minimum Gasteiger partial charge on any atom is -0.478 e. The molecule has 0 bridgehead atoms. The van der Waals surface area contributed by atoms with Gasteiger partial charge in [0.25, 0.3) is 0 Å². The van der Waals surface area contributed by atoms with Crippen LogP contribution in [0.4, 0.5) is 4.39 Å². The fraction of sp³-hybridized carbons (Fsp3) is 0.294. The SMILES string of the molecule is Cc1oc(CNC(=O)C2(c3ccccc3F)CC2)cc1C(=O)O. The number of nitrogens with one attached hydrogen (secondary N) is 1. The fourth-order valence-corrected chi connectivity index (χ4v) is 2.77. The number of hydrogen-bond acceptors (Lipinski definition) is 3. The van der Waals surface area contributed by atoms with Crippen LogP contribution < -0.4 is 5.32 Å². The second-order valence-corrected chi connectivity index (χ2v) is 5.73. The lowest BCUT2D eigenvalue weighted by Gasteiger charge is -2.15. The van der Waals surface area contributed by atoms with Crippen LogP contribution in [-0.4, -0.2) is 17.0 Å². The molecule has 3 rings (SSSR count). The van der Waals surface area contributed by atoms with E-state index in [1.54, 1.807) is 25.1 Å². The van der Waals surface area contributed by atoms with Crippen molar-refractivity contribution < 1.29 is 23.5 Å². The third kappa shape index (κ3) is 2.72. The third-order valence-electron chi connectivity index (χ3n) is 4.20. The average molecular weight is 317 g/mol. The Morgan fingerprint density at radius 1 is 1.35 bits per heavy atom. The number of aromatic carboxylic acids is 1. The molecule has 1 aromatic carbocycles. The summed E-state index contributed by atoms with van der Waals surface area (Å²) in [5.74, 6) is -1.08. The van der Waals surface area contributed by atoms with Crippen molar-refractivity contribution in [2.45, 2.75) is 31.7 Å². The highest BCUT2D eigenvalue weighted by molar-refractivity contribution is 5.91. The summed E-state index contributed by atoms with van der Waals surface area (Å²) in [7, 11) is 0. The van der Waals surface area contributed by atoms with Crippen LogP contribution in [0.25, 0.3) is 0 Å². The minimum absolute atomic E-state index is 0.0726. The number of carbonyl (C=O) groups excluding carboxylic acids is 1. The van der Waals surface area contributed by atoms with Crippen LogP contribution in [0.3, 0.4) is 0 Å². The Kier molecular flexibility index (Phi) is 3.67. The monoisotopic (exact) mass is 317 g/mol. The number of hydrogen-bond donors (Lipinski definition) is 2. The van der Waals surface area contributed by atoms with Crippen LogP contribution in [0.2, 0.25) is 0 Å². The lowest BCUT2D eigenvalue weighted by atomic mass is 9.94. The van der Waals surface area contributed by atoms with E-state index in [1.165, 1.54) is 12.1 Å². The van der Waals surface area contributed by atoms with E-state index in [2.05, 4.69) is 5.32 Å². The molecule has 0 aliphatic heterocycles. The van der Waals surface area contributed by atoms with E-state index < -0.39 is 11.4 Å². The number of carboxylic acid groups (broad SMARTS) is 1. The topological polar surface area (TPSA) is 79.5 Å². The molecule has 2 aromatic rings. The lowest BCUT2D eigenvalue weighted by molar-refractivity contribution is -0.123. The summed E-state index contributed by atoms with van der Waals surface area (Å²) in [5, 5.41) is 11.7. The number of furan rings is 1. The molecule has 5 nitrogen and oxygen atoms in total. The van der Waals surface area contributed by atoms with Crippen molar-refractivity contribution in [3.63, 3.8) is 0 Å². The van der Waals surface area contributed by atoms with Crippen LogP contribution in [0.15, 0.2) is 34.7 Å². The van der Waals surface area contributed by atoms with E-state index in [1.807, 2.05) is 0 Å². The van der Waals surface area contributed by atoms with Gasteiger partial charge in [0.05, 0.1) is 12.0 Å². The molecular weight excluding hydrogens is 301 g/mol. The van der Waals surface area contributed by atoms with Gasteiger partial charge < -0.3 is 14.8 Å². The van der Waals surface area contributed by atoms with Gasteiger partial charge >= 0.3 is 5.97 Å². The smallest absolute Gasteiger partial charge is 0.339 e. The van der Waals surface area contributed by atoms with Gasteiger partial charge in [0.15, 0.2) is 0 Å². The Morgan fingerprint density at radius 3 is 2.61 bits per heavy atom. The molecule has 1 aromatic heterocycles. The number of carbonyl (C=O) groups is 2. The zero-order valence-corrected chi connectivity index (χ0v) is 12.6. The lowest BCUT2D eigenvalue weighted by Crippen LogP contribution is -2.34. The van der Waals surface area contributed by atoms with Gasteiger partial charge in [0.1, 0.15) is 22.9 Å². The van der Waals surface area contributed by atoms with Gasteiger partial charge in [-0.2, -0.15) is 0 Å². The van der Waals surface area contributed by atoms with E-state index in [9.17, 15) is 14.0 Å². The Morgan fingerprint density at radius 2 is 2.04 bits per heavy atom. The first-order chi connectivity index (χ1) is 10.9. The molecule has 0 saturated heterocycles. The molecule has 1 heterocycles. The molecule has 1 aliphatic rings. The predicted molar refractivity (Wildman–Crippen MR) is 79.6 cm³/mol. The number of benzene rings is 1. The molecule has 0 unspecified atom stereocenters. The van der Waals surface area contributed by atoms with Crippen molar-refractivity contribution >= 4 is 11.9 Å². The van der Waals surface area contributed by atoms with Crippen molar-refractivity contribution in [3.8, 4) is 0 Å². The molecule has 23 heavy (non-hydrogen) atoms. The summed E-state index contributed by atoms with van der Waals surface area (Å²) in [4.78, 5) is 23.4. The van der Waals surface area contributed by atoms with Gasteiger partial charge in [-0.3, -0.25) is 4.79 Å². The van der Waals surface area contributed by atoms with E-state index in [0.717, 1.165) is 0 Å². The number of halogens is 1. The largest absolute Gasteiger partial charge is 0.478 e. The number of rotatable bonds is 5. The highest BCUT2D eigenvalue weighted by Crippen LogP contribution is 2.49. The molecule has 0 spiro atoms. The van der Waals surface area contributed by atoms with E-state index in [4.69, 9.17) is 9.52 Å². The summed E-state index contributed by atoms with van der Waals surface area (Å²) in [6.45, 7) is 1.62. The van der Waals surface area contributed by atoms with E-state index in [0.29, 0.717) is 24.2 Å². The zero-order chi connectivity index (χ0) is 16.6. The normalized spacial score (nSPS) is 15.2. The van der Waals surface area contributed by atoms with Crippen LogP contribution in [-0.2, 0) is 16.8 Å².